The highest BCUT2D eigenvalue weighted by molar-refractivity contribution is 6.76. The minimum absolute atomic E-state index is 4.43. The molecule has 0 radical (unpaired) electrons. The first-order valence-corrected chi connectivity index (χ1v) is 27.1. The molecule has 0 bridgehead atoms. The van der Waals surface area contributed by atoms with E-state index in [2.05, 4.69) is 5.40 Å². The van der Waals surface area contributed by atoms with Crippen LogP contribution >= 0.6 is 0 Å². The van der Waals surface area contributed by atoms with Crippen molar-refractivity contribution in [3.8, 4) is 0 Å². The zero-order valence-electron chi connectivity index (χ0n) is 47.9. The number of rotatable bonds is 36. The summed E-state index contributed by atoms with van der Waals surface area (Å²) in [7, 11) is -8.33. The summed E-state index contributed by atoms with van der Waals surface area (Å²) in [4.78, 5) is 0. The van der Waals surface area contributed by atoms with Gasteiger partial charge in [0, 0.05) is 19.3 Å². The van der Waals surface area contributed by atoms with Crippen LogP contribution in [0.25, 0.3) is 0 Å². The molecule has 0 unspecified atom stereocenters. The SMILES string of the molecule is N[Si](CCC(F)(F)C(F)(F)C(F)(F)C(F)(F)C(F)(F)C(F)(F)C(F)(F)C(F)(F)C(F)(F)C(F)(F)C(F)(F)F)(CCC(F)(F)C(F)(F)C(F)(F)C(F)(F)C(F)(F)C(F)(F)C(F)(F)C(F)(F)C(F)(F)C(F)(F)C(F)(F)F)CCC(F)(F)C(F)(F)C(F)(F)C(F)(F)C(F)(F)C(F)(F)C(F)(F)C(F)(F)C(F)(F)C(F)(F)C(F)(F)F. The molecule has 0 aliphatic heterocycles. The van der Waals surface area contributed by atoms with Crippen LogP contribution in [0.3, 0.4) is 0 Å². The van der Waals surface area contributed by atoms with Gasteiger partial charge in [-0.05, 0) is 18.1 Å². The van der Waals surface area contributed by atoms with Crippen molar-refractivity contribution >= 4 is 8.24 Å². The van der Waals surface area contributed by atoms with Gasteiger partial charge in [0.05, 0.1) is 0 Å². The largest absolute Gasteiger partial charge is 0.460 e. The minimum atomic E-state index is -10.5. The second kappa shape index (κ2) is 26.4. The summed E-state index contributed by atoms with van der Waals surface area (Å²) in [6.07, 6.45) is -41.5. The average molecular weight is 1840 g/mol. The fraction of sp³-hybridized carbons (Fsp3) is 1.00. The Kier molecular flexibility index (Phi) is 25.3. The third-order valence-corrected chi connectivity index (χ3v) is 18.5. The summed E-state index contributed by atoms with van der Waals surface area (Å²) in [6.45, 7) is 0. The molecule has 0 aromatic rings. The molecule has 0 aromatic carbocycles. The molecule has 0 aliphatic carbocycles. The normalized spacial score (nSPS) is 17.4. The topological polar surface area (TPSA) is 26.0 Å². The molecule has 0 aliphatic rings. The Morgan fingerprint density at radius 1 is 0.118 bits per heavy atom. The highest BCUT2D eigenvalue weighted by atomic mass is 28.3. The maximum Gasteiger partial charge on any atom is 0.460 e. The van der Waals surface area contributed by atoms with Gasteiger partial charge < -0.3 is 5.40 Å². The summed E-state index contributed by atoms with van der Waals surface area (Å²) in [5.41, 5.74) is 0. The monoisotopic (exact) mass is 1830 g/mol. The molecule has 71 heteroatoms. The van der Waals surface area contributed by atoms with Crippen molar-refractivity contribution < 1.29 is 303 Å². The number of hydrogen-bond donors (Lipinski definition) is 1. The molecule has 0 spiro atoms. The zero-order chi connectivity index (χ0) is 91.2. The Bertz CT molecular complexity index is 2880. The lowest BCUT2D eigenvalue weighted by Gasteiger charge is -2.45. The smallest absolute Gasteiger partial charge is 0.351 e. The summed E-state index contributed by atoms with van der Waals surface area (Å²) < 4.78 is 964. The van der Waals surface area contributed by atoms with Gasteiger partial charge in [-0.1, -0.05) is 0 Å². The Morgan fingerprint density at radius 3 is 0.273 bits per heavy atom. The van der Waals surface area contributed by atoms with E-state index in [0.717, 1.165) is 0 Å². The third-order valence-electron chi connectivity index (χ3n) is 14.7. The molecule has 0 saturated carbocycles. The molecular weight excluding hydrogens is 1820 g/mol. The van der Waals surface area contributed by atoms with Crippen LogP contribution in [-0.4, -0.2) is 204 Å². The fourth-order valence-corrected chi connectivity index (χ4v) is 10.6. The van der Waals surface area contributed by atoms with Crippen LogP contribution < -0.4 is 5.40 Å². The van der Waals surface area contributed by atoms with E-state index in [-0.39, 0.29) is 0 Å². The maximum atomic E-state index is 15.0. The molecule has 110 heavy (non-hydrogen) atoms. The van der Waals surface area contributed by atoms with Gasteiger partial charge in [0.2, 0.25) is 0 Å². The molecule has 0 aromatic heterocycles. The van der Waals surface area contributed by atoms with E-state index in [1.807, 2.05) is 0 Å². The number of halogens is 69. The molecular formula is C39H14F69NSi. The van der Waals surface area contributed by atoms with E-state index < -0.39 is 242 Å². The van der Waals surface area contributed by atoms with Crippen molar-refractivity contribution in [3.63, 3.8) is 0 Å². The highest BCUT2D eigenvalue weighted by Gasteiger charge is 3.03. The summed E-state index contributed by atoms with van der Waals surface area (Å²) in [5.74, 6) is -298. The number of alkyl halides is 69. The predicted octanol–water partition coefficient (Wildman–Crippen LogP) is 23.8. The van der Waals surface area contributed by atoms with Crippen molar-refractivity contribution in [1.29, 1.82) is 0 Å². The first-order valence-electron chi connectivity index (χ1n) is 24.4. The van der Waals surface area contributed by atoms with Gasteiger partial charge in [0.15, 0.2) is 0 Å². The molecule has 0 heterocycles. The van der Waals surface area contributed by atoms with E-state index in [1.54, 1.807) is 0 Å². The Morgan fingerprint density at radius 2 is 0.191 bits per heavy atom. The second-order valence-electron chi connectivity index (χ2n) is 22.0. The molecule has 0 atom stereocenters. The second-order valence-corrected chi connectivity index (χ2v) is 26.2. The van der Waals surface area contributed by atoms with Gasteiger partial charge in [-0.2, -0.15) is 303 Å². The van der Waals surface area contributed by atoms with E-state index in [1.165, 1.54) is 0 Å². The highest BCUT2D eigenvalue weighted by Crippen LogP contribution is 2.73. The standard InChI is InChI=1S/C39H14F69NSi/c40-7(41,10(46,47)13(52,53)16(58,59)19(64,65)22(70,71)25(76,77)28(82,83)31(88,89)34(94,95)37(100,101)102)1-4-110(109,5-2-8(42,43)11(48,49)14(54,55)17(60,61)20(66,67)23(72,73)26(78,79)29(84,85)32(90,91)35(96,97)38(103,104)105)6-3-9(44,45)12(50,51)15(56,57)18(62,63)21(68,69)24(74,75)27(80,81)30(86,87)33(92,93)36(98,99)39(106,107)108/h1-6,109H2. The van der Waals surface area contributed by atoms with Crippen LogP contribution in [0, 0.1) is 0 Å². The van der Waals surface area contributed by atoms with Crippen molar-refractivity contribution in [3.05, 3.63) is 0 Å². The van der Waals surface area contributed by atoms with Gasteiger partial charge in [-0.3, -0.25) is 0 Å². The van der Waals surface area contributed by atoms with E-state index in [4.69, 9.17) is 0 Å². The molecule has 0 fully saturated rings. The quantitative estimate of drug-likeness (QED) is 0.0491. The lowest BCUT2D eigenvalue weighted by atomic mass is 9.85. The first kappa shape index (κ1) is 105. The summed E-state index contributed by atoms with van der Waals surface area (Å²) in [6, 6.07) is -13.3. The molecule has 662 valence electrons. The lowest BCUT2D eigenvalue weighted by Crippen LogP contribution is -2.77. The Hall–Kier alpha value is -4.65. The molecule has 0 rings (SSSR count). The van der Waals surface area contributed by atoms with E-state index in [0.29, 0.717) is 0 Å². The van der Waals surface area contributed by atoms with Crippen LogP contribution in [-0.2, 0) is 0 Å². The van der Waals surface area contributed by atoms with Gasteiger partial charge in [-0.15, -0.1) is 0 Å². The Labute approximate surface area is 551 Å². The molecule has 2 N–H and O–H groups in total. The minimum Gasteiger partial charge on any atom is -0.351 e. The summed E-state index contributed by atoms with van der Waals surface area (Å²) >= 11 is 0. The van der Waals surface area contributed by atoms with Crippen LogP contribution in [0.2, 0.25) is 18.1 Å². The van der Waals surface area contributed by atoms with Gasteiger partial charge in [0.1, 0.15) is 8.24 Å². The third kappa shape index (κ3) is 13.2. The van der Waals surface area contributed by atoms with Crippen molar-refractivity contribution in [1.82, 2.24) is 0 Å². The van der Waals surface area contributed by atoms with Crippen molar-refractivity contribution in [2.45, 2.75) is 234 Å². The van der Waals surface area contributed by atoms with E-state index >= 15 is 26.3 Å². The van der Waals surface area contributed by atoms with Crippen molar-refractivity contribution in [2.75, 3.05) is 0 Å². The summed E-state index contributed by atoms with van der Waals surface area (Å²) in [5, 5.41) is 4.48. The van der Waals surface area contributed by atoms with E-state index in [9.17, 15) is 277 Å². The first-order chi connectivity index (χ1) is 46.1. The van der Waals surface area contributed by atoms with Gasteiger partial charge in [-0.25, -0.2) is 0 Å². The predicted molar refractivity (Wildman–Crippen MR) is 205 cm³/mol. The molecule has 0 amide bonds. The zero-order valence-corrected chi connectivity index (χ0v) is 48.9. The Balaban J connectivity index is 9.02. The van der Waals surface area contributed by atoms with Crippen LogP contribution in [0.4, 0.5) is 303 Å². The van der Waals surface area contributed by atoms with Crippen LogP contribution in [0.1, 0.15) is 19.3 Å². The van der Waals surface area contributed by atoms with Crippen molar-refractivity contribution in [2.24, 2.45) is 5.40 Å². The maximum absolute atomic E-state index is 15.0. The lowest BCUT2D eigenvalue weighted by molar-refractivity contribution is -0.478. The molecule has 1 nitrogen and oxygen atoms in total. The molecule has 0 saturated heterocycles. The van der Waals surface area contributed by atoms with Crippen LogP contribution in [0.5, 0.6) is 0 Å². The number of hydrogen-bond acceptors (Lipinski definition) is 1. The van der Waals surface area contributed by atoms with Crippen LogP contribution in [0.15, 0.2) is 0 Å². The average Bonchev–Trinajstić information content (AvgIpc) is 0.690. The number of nitrogens with two attached hydrogens (primary N) is 1. The van der Waals surface area contributed by atoms with Gasteiger partial charge in [0.25, 0.3) is 0 Å². The fourth-order valence-electron chi connectivity index (χ4n) is 7.43. The van der Waals surface area contributed by atoms with Gasteiger partial charge >= 0.3 is 196 Å².